The summed E-state index contributed by atoms with van der Waals surface area (Å²) in [5.41, 5.74) is 1.11. The van der Waals surface area contributed by atoms with Crippen LogP contribution in [0.25, 0.3) is 6.08 Å². The van der Waals surface area contributed by atoms with Crippen molar-refractivity contribution in [2.45, 2.75) is 6.61 Å². The number of thioether (sulfide) groups is 1. The Labute approximate surface area is 216 Å². The minimum atomic E-state index is -0.539. The van der Waals surface area contributed by atoms with Crippen molar-refractivity contribution in [3.63, 3.8) is 0 Å². The number of benzene rings is 3. The second kappa shape index (κ2) is 10.7. The maximum absolute atomic E-state index is 13.9. The van der Waals surface area contributed by atoms with Gasteiger partial charge in [0.05, 0.1) is 12.7 Å². The molecule has 3 aromatic rings. The summed E-state index contributed by atoms with van der Waals surface area (Å²) < 4.78 is 30.8. The highest BCUT2D eigenvalue weighted by Crippen LogP contribution is 2.32. The van der Waals surface area contributed by atoms with Crippen molar-refractivity contribution in [1.82, 2.24) is 5.01 Å². The molecule has 0 saturated heterocycles. The first-order valence-electron chi connectivity index (χ1n) is 11.2. The number of fused-ring (bicyclic) bond motifs is 1. The van der Waals surface area contributed by atoms with E-state index in [1.165, 1.54) is 29.9 Å². The Hall–Kier alpha value is -4.44. The van der Waals surface area contributed by atoms with Crippen LogP contribution in [0.15, 0.2) is 88.5 Å². The van der Waals surface area contributed by atoms with Gasteiger partial charge in [0.2, 0.25) is 5.17 Å². The fourth-order valence-electron chi connectivity index (χ4n) is 3.58. The fourth-order valence-corrected chi connectivity index (χ4v) is 4.38. The molecule has 0 bridgehead atoms. The molecule has 0 atom stereocenters. The number of amides is 1. The SMILES string of the molecule is COc1cc(/C=C2/C(=N)N3N=C(COc4ccccc4)SC3=NC2=O)ccc1OCc1ccccc1F. The highest BCUT2D eigenvalue weighted by molar-refractivity contribution is 8.27. The Morgan fingerprint density at radius 2 is 1.78 bits per heavy atom. The summed E-state index contributed by atoms with van der Waals surface area (Å²) in [7, 11) is 1.49. The lowest BCUT2D eigenvalue weighted by Crippen LogP contribution is -2.35. The first-order chi connectivity index (χ1) is 18.0. The largest absolute Gasteiger partial charge is 0.493 e. The van der Waals surface area contributed by atoms with Gasteiger partial charge in [-0.2, -0.15) is 15.1 Å². The number of carbonyl (C=O) groups excluding carboxylic acids is 1. The van der Waals surface area contributed by atoms with Crippen LogP contribution in [0.5, 0.6) is 17.2 Å². The smallest absolute Gasteiger partial charge is 0.283 e. The van der Waals surface area contributed by atoms with Crippen molar-refractivity contribution in [3.8, 4) is 17.2 Å². The number of para-hydroxylation sites is 1. The highest BCUT2D eigenvalue weighted by Gasteiger charge is 2.35. The molecule has 0 saturated carbocycles. The molecule has 2 heterocycles. The van der Waals surface area contributed by atoms with Crippen molar-refractivity contribution in [3.05, 3.63) is 95.3 Å². The molecular formula is C27H21FN4O4S. The normalized spacial score (nSPS) is 15.8. The van der Waals surface area contributed by atoms with E-state index in [0.717, 1.165) is 0 Å². The van der Waals surface area contributed by atoms with Crippen LogP contribution < -0.4 is 14.2 Å². The molecule has 0 aromatic heterocycles. The van der Waals surface area contributed by atoms with E-state index in [0.29, 0.717) is 38.6 Å². The average molecular weight is 517 g/mol. The fraction of sp³-hybridized carbons (Fsp3) is 0.111. The number of nitrogens with zero attached hydrogens (tertiary/aromatic N) is 3. The minimum Gasteiger partial charge on any atom is -0.493 e. The molecule has 0 radical (unpaired) electrons. The van der Waals surface area contributed by atoms with Crippen LogP contribution in [0.4, 0.5) is 4.39 Å². The monoisotopic (exact) mass is 516 g/mol. The number of hydrogen-bond donors (Lipinski definition) is 1. The second-order valence-corrected chi connectivity index (χ2v) is 8.95. The lowest BCUT2D eigenvalue weighted by Gasteiger charge is -2.20. The predicted octanol–water partition coefficient (Wildman–Crippen LogP) is 5.11. The van der Waals surface area contributed by atoms with Gasteiger partial charge in [0.25, 0.3) is 5.91 Å². The Bertz CT molecular complexity index is 1460. The molecule has 5 rings (SSSR count). The Morgan fingerprint density at radius 3 is 2.57 bits per heavy atom. The van der Waals surface area contributed by atoms with Crippen molar-refractivity contribution >= 4 is 39.8 Å². The van der Waals surface area contributed by atoms with Crippen LogP contribution in [-0.4, -0.2) is 40.7 Å². The number of hydrogen-bond acceptors (Lipinski definition) is 7. The van der Waals surface area contributed by atoms with Crippen LogP contribution >= 0.6 is 11.8 Å². The number of methoxy groups -OCH3 is 1. The molecule has 1 amide bonds. The molecule has 0 unspecified atom stereocenters. The molecule has 186 valence electrons. The molecular weight excluding hydrogens is 495 g/mol. The molecule has 2 aliphatic rings. The molecule has 8 nitrogen and oxygen atoms in total. The van der Waals surface area contributed by atoms with E-state index in [4.69, 9.17) is 19.6 Å². The van der Waals surface area contributed by atoms with Crippen molar-refractivity contribution in [2.24, 2.45) is 10.1 Å². The number of carbonyl (C=O) groups is 1. The van der Waals surface area contributed by atoms with E-state index in [1.54, 1.807) is 42.5 Å². The number of aliphatic imine (C=N–C) groups is 1. The zero-order chi connectivity index (χ0) is 25.8. The van der Waals surface area contributed by atoms with Crippen LogP contribution in [0, 0.1) is 11.2 Å². The highest BCUT2D eigenvalue weighted by atomic mass is 32.2. The van der Waals surface area contributed by atoms with Gasteiger partial charge < -0.3 is 14.2 Å². The predicted molar refractivity (Wildman–Crippen MR) is 141 cm³/mol. The van der Waals surface area contributed by atoms with Crippen molar-refractivity contribution < 1.29 is 23.4 Å². The van der Waals surface area contributed by atoms with Crippen molar-refractivity contribution in [1.29, 1.82) is 5.41 Å². The zero-order valence-electron chi connectivity index (χ0n) is 19.7. The number of halogens is 1. The molecule has 0 fully saturated rings. The number of rotatable bonds is 8. The molecule has 1 N–H and O–H groups in total. The third-order valence-corrected chi connectivity index (χ3v) is 6.32. The first-order valence-corrected chi connectivity index (χ1v) is 12.0. The Morgan fingerprint density at radius 1 is 1.00 bits per heavy atom. The summed E-state index contributed by atoms with van der Waals surface area (Å²) in [5, 5.41) is 15.2. The quantitative estimate of drug-likeness (QED) is 0.418. The molecule has 0 spiro atoms. The topological polar surface area (TPSA) is 96.6 Å². The summed E-state index contributed by atoms with van der Waals surface area (Å²) in [4.78, 5) is 16.8. The van der Waals surface area contributed by atoms with Crippen LogP contribution in [-0.2, 0) is 11.4 Å². The van der Waals surface area contributed by atoms with E-state index in [2.05, 4.69) is 10.1 Å². The molecule has 2 aliphatic heterocycles. The van der Waals surface area contributed by atoms with Gasteiger partial charge in [0.1, 0.15) is 29.8 Å². The minimum absolute atomic E-state index is 0.0328. The van der Waals surface area contributed by atoms with Gasteiger partial charge >= 0.3 is 0 Å². The van der Waals surface area contributed by atoms with Gasteiger partial charge in [-0.1, -0.05) is 42.5 Å². The Kier molecular flexibility index (Phi) is 7.00. The van der Waals surface area contributed by atoms with Crippen LogP contribution in [0.1, 0.15) is 11.1 Å². The molecule has 37 heavy (non-hydrogen) atoms. The summed E-state index contributed by atoms with van der Waals surface area (Å²) in [6.45, 7) is 0.224. The van der Waals surface area contributed by atoms with E-state index in [1.807, 2.05) is 30.3 Å². The lowest BCUT2D eigenvalue weighted by molar-refractivity contribution is -0.114. The number of ether oxygens (including phenoxy) is 3. The van der Waals surface area contributed by atoms with E-state index < -0.39 is 5.91 Å². The van der Waals surface area contributed by atoms with Gasteiger partial charge in [0, 0.05) is 5.56 Å². The lowest BCUT2D eigenvalue weighted by atomic mass is 10.1. The standard InChI is InChI=1S/C27H21FN4O4S/c1-34-23-14-17(11-12-22(23)36-15-18-7-5-6-10-21(18)28)13-20-25(29)32-27(30-26(20)33)37-24(31-32)16-35-19-8-3-2-4-9-19/h2-14,29H,15-16H2,1H3/b20-13-,29-25?. The Balaban J connectivity index is 1.31. The summed E-state index contributed by atoms with van der Waals surface area (Å²) >= 11 is 1.19. The van der Waals surface area contributed by atoms with Gasteiger partial charge in [0.15, 0.2) is 17.3 Å². The van der Waals surface area contributed by atoms with E-state index in [9.17, 15) is 9.18 Å². The van der Waals surface area contributed by atoms with E-state index in [-0.39, 0.29) is 30.4 Å². The summed E-state index contributed by atoms with van der Waals surface area (Å²) in [6, 6.07) is 20.7. The van der Waals surface area contributed by atoms with Crippen molar-refractivity contribution in [2.75, 3.05) is 13.7 Å². The van der Waals surface area contributed by atoms with Crippen LogP contribution in [0.3, 0.4) is 0 Å². The molecule has 3 aromatic carbocycles. The van der Waals surface area contributed by atoms with E-state index >= 15 is 0 Å². The van der Waals surface area contributed by atoms with Gasteiger partial charge in [-0.15, -0.1) is 0 Å². The molecule has 0 aliphatic carbocycles. The first kappa shape index (κ1) is 24.3. The van der Waals surface area contributed by atoms with Gasteiger partial charge in [-0.05, 0) is 53.7 Å². The van der Waals surface area contributed by atoms with Crippen LogP contribution in [0.2, 0.25) is 0 Å². The number of amidine groups is 2. The number of nitrogens with one attached hydrogen (secondary N) is 1. The summed E-state index contributed by atoms with van der Waals surface area (Å²) in [5.74, 6) is 0.537. The van der Waals surface area contributed by atoms with Gasteiger partial charge in [-0.3, -0.25) is 10.2 Å². The molecule has 10 heteroatoms. The zero-order valence-corrected chi connectivity index (χ0v) is 20.5. The third-order valence-electron chi connectivity index (χ3n) is 5.44. The second-order valence-electron chi connectivity index (χ2n) is 7.91. The third kappa shape index (κ3) is 5.39. The average Bonchev–Trinajstić information content (AvgIpc) is 3.33. The summed E-state index contributed by atoms with van der Waals surface area (Å²) in [6.07, 6.45) is 1.55. The maximum atomic E-state index is 13.9. The van der Waals surface area contributed by atoms with Gasteiger partial charge in [-0.25, -0.2) is 4.39 Å². The maximum Gasteiger partial charge on any atom is 0.283 e. The number of hydrazone groups is 1.